The standard InChI is InChI=1S/C16H23N3O2/c1-13(20)18-7-2-8-19(10-9-18)16(21)11-14-3-5-15(12-17)6-4-14/h3-6H,2,7-12,17H2,1H3. The van der Waals surface area contributed by atoms with E-state index < -0.39 is 0 Å². The molecule has 1 aliphatic heterocycles. The Balaban J connectivity index is 1.91. The molecule has 1 aromatic rings. The Morgan fingerprint density at radius 2 is 1.57 bits per heavy atom. The first kappa shape index (κ1) is 15.5. The fraction of sp³-hybridized carbons (Fsp3) is 0.500. The molecule has 1 aromatic carbocycles. The van der Waals surface area contributed by atoms with Gasteiger partial charge in [0.1, 0.15) is 0 Å². The minimum atomic E-state index is 0.0849. The van der Waals surface area contributed by atoms with E-state index in [1.807, 2.05) is 34.1 Å². The molecule has 2 N–H and O–H groups in total. The first-order valence-electron chi connectivity index (χ1n) is 7.41. The molecule has 0 unspecified atom stereocenters. The highest BCUT2D eigenvalue weighted by molar-refractivity contribution is 5.79. The minimum Gasteiger partial charge on any atom is -0.341 e. The second kappa shape index (κ2) is 7.22. The summed E-state index contributed by atoms with van der Waals surface area (Å²) in [6.07, 6.45) is 1.25. The zero-order chi connectivity index (χ0) is 15.2. The van der Waals surface area contributed by atoms with E-state index in [9.17, 15) is 9.59 Å². The van der Waals surface area contributed by atoms with Gasteiger partial charge in [-0.3, -0.25) is 9.59 Å². The quantitative estimate of drug-likeness (QED) is 0.893. The number of amides is 2. The average molecular weight is 289 g/mol. The lowest BCUT2D eigenvalue weighted by Crippen LogP contribution is -2.37. The number of nitrogens with two attached hydrogens (primary N) is 1. The lowest BCUT2D eigenvalue weighted by atomic mass is 10.1. The van der Waals surface area contributed by atoms with Gasteiger partial charge in [-0.15, -0.1) is 0 Å². The summed E-state index contributed by atoms with van der Waals surface area (Å²) < 4.78 is 0. The van der Waals surface area contributed by atoms with Crippen LogP contribution in [-0.4, -0.2) is 47.8 Å². The van der Waals surface area contributed by atoms with Crippen molar-refractivity contribution in [3.63, 3.8) is 0 Å². The Kier molecular flexibility index (Phi) is 5.33. The number of nitrogens with zero attached hydrogens (tertiary/aromatic N) is 2. The molecule has 0 atom stereocenters. The summed E-state index contributed by atoms with van der Waals surface area (Å²) in [5.41, 5.74) is 7.64. The van der Waals surface area contributed by atoms with Gasteiger partial charge in [-0.05, 0) is 17.5 Å². The van der Waals surface area contributed by atoms with Crippen LogP contribution in [0, 0.1) is 0 Å². The molecule has 5 nitrogen and oxygen atoms in total. The summed E-state index contributed by atoms with van der Waals surface area (Å²) in [7, 11) is 0. The third-order valence-electron chi connectivity index (χ3n) is 3.91. The molecule has 2 amide bonds. The molecule has 0 bridgehead atoms. The lowest BCUT2D eigenvalue weighted by Gasteiger charge is -2.21. The first-order valence-corrected chi connectivity index (χ1v) is 7.41. The highest BCUT2D eigenvalue weighted by Gasteiger charge is 2.20. The molecule has 114 valence electrons. The predicted molar refractivity (Wildman–Crippen MR) is 81.5 cm³/mol. The third-order valence-corrected chi connectivity index (χ3v) is 3.91. The minimum absolute atomic E-state index is 0.0849. The number of rotatable bonds is 3. The molecule has 1 fully saturated rings. The van der Waals surface area contributed by atoms with Gasteiger partial charge in [0, 0.05) is 39.6 Å². The van der Waals surface area contributed by atoms with E-state index in [0.29, 0.717) is 26.1 Å². The smallest absolute Gasteiger partial charge is 0.227 e. The highest BCUT2D eigenvalue weighted by atomic mass is 16.2. The number of carbonyl (C=O) groups is 2. The Labute approximate surface area is 125 Å². The van der Waals surface area contributed by atoms with Gasteiger partial charge in [0.2, 0.25) is 11.8 Å². The summed E-state index contributed by atoms with van der Waals surface area (Å²) in [4.78, 5) is 27.4. The first-order chi connectivity index (χ1) is 10.1. The van der Waals surface area contributed by atoms with Gasteiger partial charge in [0.15, 0.2) is 0 Å². The van der Waals surface area contributed by atoms with Gasteiger partial charge in [0.05, 0.1) is 6.42 Å². The van der Waals surface area contributed by atoms with Crippen molar-refractivity contribution in [3.05, 3.63) is 35.4 Å². The SMILES string of the molecule is CC(=O)N1CCCN(C(=O)Cc2ccc(CN)cc2)CC1. The molecule has 5 heteroatoms. The second-order valence-electron chi connectivity index (χ2n) is 5.44. The molecule has 2 rings (SSSR count). The Morgan fingerprint density at radius 1 is 1.00 bits per heavy atom. The maximum absolute atomic E-state index is 12.3. The molecule has 1 saturated heterocycles. The van der Waals surface area contributed by atoms with Gasteiger partial charge in [-0.1, -0.05) is 24.3 Å². The largest absolute Gasteiger partial charge is 0.341 e. The highest BCUT2D eigenvalue weighted by Crippen LogP contribution is 2.09. The molecule has 0 radical (unpaired) electrons. The molecule has 1 heterocycles. The number of benzene rings is 1. The maximum atomic E-state index is 12.3. The van der Waals surface area contributed by atoms with Gasteiger partial charge < -0.3 is 15.5 Å². The summed E-state index contributed by atoms with van der Waals surface area (Å²) in [6, 6.07) is 7.84. The van der Waals surface area contributed by atoms with Crippen LogP contribution in [0.2, 0.25) is 0 Å². The monoisotopic (exact) mass is 289 g/mol. The molecular weight excluding hydrogens is 266 g/mol. The van der Waals surface area contributed by atoms with E-state index in [1.54, 1.807) is 6.92 Å². The van der Waals surface area contributed by atoms with Crippen LogP contribution in [-0.2, 0) is 22.6 Å². The van der Waals surface area contributed by atoms with Crippen molar-refractivity contribution in [2.24, 2.45) is 5.73 Å². The van der Waals surface area contributed by atoms with Crippen LogP contribution < -0.4 is 5.73 Å². The van der Waals surface area contributed by atoms with Crippen LogP contribution in [0.3, 0.4) is 0 Å². The molecule has 0 saturated carbocycles. The molecule has 1 aliphatic rings. The van der Waals surface area contributed by atoms with Gasteiger partial charge in [-0.25, -0.2) is 0 Å². The van der Waals surface area contributed by atoms with E-state index >= 15 is 0 Å². The van der Waals surface area contributed by atoms with Crippen LogP contribution in [0.1, 0.15) is 24.5 Å². The Morgan fingerprint density at radius 3 is 2.19 bits per heavy atom. The van der Waals surface area contributed by atoms with Crippen molar-refractivity contribution >= 4 is 11.8 Å². The molecule has 0 aromatic heterocycles. The predicted octanol–water partition coefficient (Wildman–Crippen LogP) is 0.769. The van der Waals surface area contributed by atoms with Crippen molar-refractivity contribution in [1.29, 1.82) is 0 Å². The summed E-state index contributed by atoms with van der Waals surface area (Å²) in [5, 5.41) is 0. The van der Waals surface area contributed by atoms with Crippen LogP contribution in [0.4, 0.5) is 0 Å². The molecule has 21 heavy (non-hydrogen) atoms. The number of carbonyl (C=O) groups excluding carboxylic acids is 2. The van der Waals surface area contributed by atoms with E-state index in [0.717, 1.165) is 30.6 Å². The Bertz CT molecular complexity index is 499. The zero-order valence-electron chi connectivity index (χ0n) is 12.5. The van der Waals surface area contributed by atoms with Crippen LogP contribution >= 0.6 is 0 Å². The normalized spacial score (nSPS) is 15.7. The molecular formula is C16H23N3O2. The zero-order valence-corrected chi connectivity index (χ0v) is 12.5. The molecule has 0 spiro atoms. The van der Waals surface area contributed by atoms with E-state index in [1.165, 1.54) is 0 Å². The van der Waals surface area contributed by atoms with Crippen molar-refractivity contribution in [1.82, 2.24) is 9.80 Å². The lowest BCUT2D eigenvalue weighted by molar-refractivity contribution is -0.132. The summed E-state index contributed by atoms with van der Waals surface area (Å²) in [6.45, 7) is 4.82. The van der Waals surface area contributed by atoms with Gasteiger partial charge in [0.25, 0.3) is 0 Å². The van der Waals surface area contributed by atoms with Crippen molar-refractivity contribution < 1.29 is 9.59 Å². The van der Waals surface area contributed by atoms with Gasteiger partial charge >= 0.3 is 0 Å². The van der Waals surface area contributed by atoms with Crippen molar-refractivity contribution in [3.8, 4) is 0 Å². The fourth-order valence-electron chi connectivity index (χ4n) is 2.56. The van der Waals surface area contributed by atoms with E-state index in [-0.39, 0.29) is 11.8 Å². The average Bonchev–Trinajstić information content (AvgIpc) is 2.74. The van der Waals surface area contributed by atoms with Crippen LogP contribution in [0.5, 0.6) is 0 Å². The fourth-order valence-corrected chi connectivity index (χ4v) is 2.56. The number of hydrogen-bond acceptors (Lipinski definition) is 3. The van der Waals surface area contributed by atoms with Crippen LogP contribution in [0.15, 0.2) is 24.3 Å². The molecule has 0 aliphatic carbocycles. The third kappa shape index (κ3) is 4.29. The number of hydrogen-bond donors (Lipinski definition) is 1. The topological polar surface area (TPSA) is 66.6 Å². The van der Waals surface area contributed by atoms with Crippen LogP contribution in [0.25, 0.3) is 0 Å². The van der Waals surface area contributed by atoms with Crippen molar-refractivity contribution in [2.75, 3.05) is 26.2 Å². The second-order valence-corrected chi connectivity index (χ2v) is 5.44. The Hall–Kier alpha value is -1.88. The summed E-state index contributed by atoms with van der Waals surface area (Å²) in [5.74, 6) is 0.211. The van der Waals surface area contributed by atoms with Crippen molar-refractivity contribution in [2.45, 2.75) is 26.3 Å². The van der Waals surface area contributed by atoms with E-state index in [2.05, 4.69) is 0 Å². The summed E-state index contributed by atoms with van der Waals surface area (Å²) >= 11 is 0. The maximum Gasteiger partial charge on any atom is 0.227 e. The van der Waals surface area contributed by atoms with Gasteiger partial charge in [-0.2, -0.15) is 0 Å². The van der Waals surface area contributed by atoms with E-state index in [4.69, 9.17) is 5.73 Å².